The van der Waals surface area contributed by atoms with Gasteiger partial charge in [-0.3, -0.25) is 4.79 Å². The number of hydrogen-bond acceptors (Lipinski definition) is 6. The van der Waals surface area contributed by atoms with E-state index in [1.807, 2.05) is 61.5 Å². The van der Waals surface area contributed by atoms with Gasteiger partial charge in [0.05, 0.1) is 19.4 Å². The maximum absolute atomic E-state index is 13.5. The first-order valence-corrected chi connectivity index (χ1v) is 11.9. The van der Waals surface area contributed by atoms with Gasteiger partial charge in [-0.2, -0.15) is 0 Å². The minimum atomic E-state index is -0.931. The van der Waals surface area contributed by atoms with Crippen molar-refractivity contribution >= 4 is 5.97 Å². The van der Waals surface area contributed by atoms with Crippen LogP contribution in [-0.2, 0) is 28.9 Å². The third kappa shape index (κ3) is 7.01. The molecule has 0 aliphatic heterocycles. The van der Waals surface area contributed by atoms with Crippen molar-refractivity contribution in [1.82, 2.24) is 10.3 Å². The minimum Gasteiger partial charge on any atom is -0.493 e. The molecule has 1 atom stereocenters. The summed E-state index contributed by atoms with van der Waals surface area (Å²) in [5.41, 5.74) is 3.19. The second-order valence-corrected chi connectivity index (χ2v) is 8.54. The number of aryl methyl sites for hydroxylation is 1. The van der Waals surface area contributed by atoms with Gasteiger partial charge in [-0.25, -0.2) is 13.8 Å². The van der Waals surface area contributed by atoms with Gasteiger partial charge >= 0.3 is 5.97 Å². The highest BCUT2D eigenvalue weighted by Gasteiger charge is 2.19. The largest absolute Gasteiger partial charge is 0.493 e. The fourth-order valence-corrected chi connectivity index (χ4v) is 3.86. The summed E-state index contributed by atoms with van der Waals surface area (Å²) < 4.78 is 43.2. The van der Waals surface area contributed by atoms with Gasteiger partial charge in [0.15, 0.2) is 11.6 Å². The molecule has 1 heterocycles. The van der Waals surface area contributed by atoms with E-state index in [0.29, 0.717) is 36.7 Å². The highest BCUT2D eigenvalue weighted by molar-refractivity contribution is 5.76. The van der Waals surface area contributed by atoms with Crippen LogP contribution in [0.15, 0.2) is 77.2 Å². The molecule has 4 aromatic rings. The van der Waals surface area contributed by atoms with Gasteiger partial charge in [-0.15, -0.1) is 0 Å². The Kier molecular flexibility index (Phi) is 8.64. The Bertz CT molecular complexity index is 1320. The van der Waals surface area contributed by atoms with Crippen molar-refractivity contribution in [2.45, 2.75) is 32.4 Å². The molecule has 192 valence electrons. The number of aromatic nitrogens is 1. The van der Waals surface area contributed by atoms with Crippen molar-refractivity contribution in [2.24, 2.45) is 0 Å². The highest BCUT2D eigenvalue weighted by Crippen LogP contribution is 2.22. The molecule has 0 saturated carbocycles. The number of esters is 1. The van der Waals surface area contributed by atoms with Crippen LogP contribution in [0.5, 0.6) is 5.75 Å². The van der Waals surface area contributed by atoms with Gasteiger partial charge in [0, 0.05) is 18.5 Å². The Labute approximate surface area is 214 Å². The molecule has 1 unspecified atom stereocenters. The van der Waals surface area contributed by atoms with Gasteiger partial charge in [0.25, 0.3) is 0 Å². The third-order valence-electron chi connectivity index (χ3n) is 5.91. The standard InChI is InChI=1S/C29H28F2N2O4/c1-19-26(33-28(37-19)22-6-4-3-5-7-22)14-15-36-23-11-8-20(9-12-23)17-27(29(34)35-2)32-18-21-10-13-24(30)25(31)16-21/h3-13,16,27,32H,14-15,17-18H2,1-2H3. The zero-order valence-corrected chi connectivity index (χ0v) is 20.7. The molecule has 0 radical (unpaired) electrons. The lowest BCUT2D eigenvalue weighted by Gasteiger charge is -2.17. The summed E-state index contributed by atoms with van der Waals surface area (Å²) in [5, 5.41) is 3.06. The fraction of sp³-hybridized carbons (Fsp3) is 0.241. The van der Waals surface area contributed by atoms with Gasteiger partial charge < -0.3 is 19.2 Å². The summed E-state index contributed by atoms with van der Waals surface area (Å²) in [7, 11) is 1.31. The van der Waals surface area contributed by atoms with E-state index in [4.69, 9.17) is 13.9 Å². The van der Waals surface area contributed by atoms with Crippen molar-refractivity contribution in [3.8, 4) is 17.2 Å². The van der Waals surface area contributed by atoms with Crippen molar-refractivity contribution in [3.05, 3.63) is 107 Å². The van der Waals surface area contributed by atoms with Gasteiger partial charge in [-0.1, -0.05) is 36.4 Å². The van der Waals surface area contributed by atoms with E-state index in [2.05, 4.69) is 10.3 Å². The molecule has 3 aromatic carbocycles. The van der Waals surface area contributed by atoms with Gasteiger partial charge in [-0.05, 0) is 60.9 Å². The Morgan fingerprint density at radius 2 is 1.73 bits per heavy atom. The molecule has 0 amide bonds. The van der Waals surface area contributed by atoms with Crippen molar-refractivity contribution in [2.75, 3.05) is 13.7 Å². The van der Waals surface area contributed by atoms with E-state index in [-0.39, 0.29) is 6.54 Å². The summed E-state index contributed by atoms with van der Waals surface area (Å²) >= 11 is 0. The number of halogens is 2. The first-order chi connectivity index (χ1) is 17.9. The molecular weight excluding hydrogens is 478 g/mol. The SMILES string of the molecule is COC(=O)C(Cc1ccc(OCCc2nc(-c3ccccc3)oc2C)cc1)NCc1ccc(F)c(F)c1. The Morgan fingerprint density at radius 3 is 2.43 bits per heavy atom. The zero-order valence-electron chi connectivity index (χ0n) is 20.7. The predicted octanol–water partition coefficient (Wildman–Crippen LogP) is 5.42. The monoisotopic (exact) mass is 506 g/mol. The van der Waals surface area contributed by atoms with E-state index in [9.17, 15) is 13.6 Å². The van der Waals surface area contributed by atoms with Crippen LogP contribution in [0.2, 0.25) is 0 Å². The summed E-state index contributed by atoms with van der Waals surface area (Å²) in [4.78, 5) is 16.9. The lowest BCUT2D eigenvalue weighted by atomic mass is 10.1. The first-order valence-electron chi connectivity index (χ1n) is 11.9. The van der Waals surface area contributed by atoms with Crippen LogP contribution in [0, 0.1) is 18.6 Å². The topological polar surface area (TPSA) is 73.6 Å². The number of nitrogens with zero attached hydrogens (tertiary/aromatic N) is 1. The molecule has 6 nitrogen and oxygen atoms in total. The molecule has 4 rings (SSSR count). The fourth-order valence-electron chi connectivity index (χ4n) is 3.86. The number of carbonyl (C=O) groups excluding carboxylic acids is 1. The minimum absolute atomic E-state index is 0.186. The van der Waals surface area contributed by atoms with Crippen LogP contribution in [-0.4, -0.2) is 30.7 Å². The second-order valence-electron chi connectivity index (χ2n) is 8.54. The number of hydrogen-bond donors (Lipinski definition) is 1. The molecule has 0 fully saturated rings. The second kappa shape index (κ2) is 12.3. The smallest absolute Gasteiger partial charge is 0.323 e. The van der Waals surface area contributed by atoms with E-state index in [0.717, 1.165) is 34.7 Å². The molecule has 0 aliphatic rings. The maximum atomic E-state index is 13.5. The summed E-state index contributed by atoms with van der Waals surface area (Å²) in [6, 6.07) is 20.1. The number of benzene rings is 3. The number of oxazole rings is 1. The number of ether oxygens (including phenoxy) is 2. The third-order valence-corrected chi connectivity index (χ3v) is 5.91. The summed E-state index contributed by atoms with van der Waals surface area (Å²) in [6.07, 6.45) is 0.958. The van der Waals surface area contributed by atoms with Crippen LogP contribution in [0.25, 0.3) is 11.5 Å². The average molecular weight is 507 g/mol. The zero-order chi connectivity index (χ0) is 26.2. The maximum Gasteiger partial charge on any atom is 0.323 e. The predicted molar refractivity (Wildman–Crippen MR) is 135 cm³/mol. The molecule has 1 N–H and O–H groups in total. The van der Waals surface area contributed by atoms with Gasteiger partial charge in [0.1, 0.15) is 17.6 Å². The Hall–Kier alpha value is -4.04. The van der Waals surface area contributed by atoms with Crippen LogP contribution in [0.3, 0.4) is 0 Å². The van der Waals surface area contributed by atoms with Crippen LogP contribution >= 0.6 is 0 Å². The summed E-state index contributed by atoms with van der Waals surface area (Å²) in [6.45, 7) is 2.51. The van der Waals surface area contributed by atoms with Crippen LogP contribution in [0.1, 0.15) is 22.6 Å². The van der Waals surface area contributed by atoms with Crippen molar-refractivity contribution in [1.29, 1.82) is 0 Å². The normalized spacial score (nSPS) is 11.8. The van der Waals surface area contributed by atoms with Crippen molar-refractivity contribution < 1.29 is 27.5 Å². The Balaban J connectivity index is 1.30. The molecule has 1 aromatic heterocycles. The molecule has 8 heteroatoms. The van der Waals surface area contributed by atoms with E-state index in [1.165, 1.54) is 13.2 Å². The molecule has 37 heavy (non-hydrogen) atoms. The van der Waals surface area contributed by atoms with E-state index in [1.54, 1.807) is 0 Å². The average Bonchev–Trinajstić information content (AvgIpc) is 3.29. The molecule has 0 aliphatic carbocycles. The molecule has 0 spiro atoms. The van der Waals surface area contributed by atoms with Crippen LogP contribution < -0.4 is 10.1 Å². The number of rotatable bonds is 11. The van der Waals surface area contributed by atoms with Crippen LogP contribution in [0.4, 0.5) is 8.78 Å². The number of nitrogens with one attached hydrogen (secondary N) is 1. The van der Waals surface area contributed by atoms with Crippen molar-refractivity contribution in [3.63, 3.8) is 0 Å². The quantitative estimate of drug-likeness (QED) is 0.274. The highest BCUT2D eigenvalue weighted by atomic mass is 19.2. The Morgan fingerprint density at radius 1 is 1.00 bits per heavy atom. The van der Waals surface area contributed by atoms with E-state index >= 15 is 0 Å². The first kappa shape index (κ1) is 26.0. The number of carbonyl (C=O) groups is 1. The lowest BCUT2D eigenvalue weighted by molar-refractivity contribution is -0.143. The molecule has 0 saturated heterocycles. The number of methoxy groups -OCH3 is 1. The molecule has 0 bridgehead atoms. The van der Waals surface area contributed by atoms with E-state index < -0.39 is 23.6 Å². The summed E-state index contributed by atoms with van der Waals surface area (Å²) in [5.74, 6) is -0.236. The molecular formula is C29H28F2N2O4. The lowest BCUT2D eigenvalue weighted by Crippen LogP contribution is -2.39. The van der Waals surface area contributed by atoms with Gasteiger partial charge in [0.2, 0.25) is 5.89 Å².